The Morgan fingerprint density at radius 3 is 2.03 bits per heavy atom. The zero-order chi connectivity index (χ0) is 23.6. The van der Waals surface area contributed by atoms with Gasteiger partial charge in [-0.25, -0.2) is 0 Å². The largest absolute Gasteiger partial charge is 0.317 e. The van der Waals surface area contributed by atoms with E-state index in [9.17, 15) is 0 Å². The van der Waals surface area contributed by atoms with E-state index in [1.165, 1.54) is 65.6 Å². The van der Waals surface area contributed by atoms with Crippen LogP contribution in [-0.4, -0.2) is 9.13 Å². The van der Waals surface area contributed by atoms with Crippen LogP contribution in [0.4, 0.5) is 0 Å². The molecule has 0 bridgehead atoms. The molecule has 2 heteroatoms. The highest BCUT2D eigenvalue weighted by Crippen LogP contribution is 2.38. The molecule has 168 valence electrons. The molecule has 0 aliphatic carbocycles. The van der Waals surface area contributed by atoms with Gasteiger partial charge < -0.3 is 9.13 Å². The Bertz CT molecular complexity index is 2090. The molecule has 0 spiro atoms. The Kier molecular flexibility index (Phi) is 3.97. The summed E-state index contributed by atoms with van der Waals surface area (Å²) in [5, 5.41) is 8.84. The molecule has 6 aromatic carbocycles. The van der Waals surface area contributed by atoms with E-state index in [2.05, 4.69) is 143 Å². The Morgan fingerprint density at radius 2 is 1.11 bits per heavy atom. The van der Waals surface area contributed by atoms with Crippen LogP contribution in [0.5, 0.6) is 0 Å². The van der Waals surface area contributed by atoms with Gasteiger partial charge in [0.15, 0.2) is 0 Å². The highest BCUT2D eigenvalue weighted by molar-refractivity contribution is 6.15. The van der Waals surface area contributed by atoms with Gasteiger partial charge in [0.1, 0.15) is 0 Å². The predicted octanol–water partition coefficient (Wildman–Crippen LogP) is 9.03. The quantitative estimate of drug-likeness (QED) is 0.244. The third-order valence-electron chi connectivity index (χ3n) is 7.48. The number of rotatable bonds is 2. The van der Waals surface area contributed by atoms with Gasteiger partial charge in [-0.3, -0.25) is 0 Å². The van der Waals surface area contributed by atoms with Crippen LogP contribution in [0.15, 0.2) is 134 Å². The molecule has 0 atom stereocenters. The van der Waals surface area contributed by atoms with Crippen LogP contribution < -0.4 is 0 Å². The van der Waals surface area contributed by atoms with Gasteiger partial charge >= 0.3 is 0 Å². The topological polar surface area (TPSA) is 9.86 Å². The molecule has 0 amide bonds. The van der Waals surface area contributed by atoms with Crippen molar-refractivity contribution in [2.75, 3.05) is 0 Å². The van der Waals surface area contributed by atoms with E-state index in [1.54, 1.807) is 0 Å². The lowest BCUT2D eigenvalue weighted by Crippen LogP contribution is -1.95. The normalized spacial score (nSPS) is 11.9. The number of benzene rings is 6. The number of para-hydroxylation sites is 2. The third-order valence-corrected chi connectivity index (χ3v) is 7.48. The second-order valence-corrected chi connectivity index (χ2v) is 9.50. The maximum atomic E-state index is 2.44. The van der Waals surface area contributed by atoms with Crippen molar-refractivity contribution >= 4 is 54.3 Å². The first-order chi connectivity index (χ1) is 17.8. The molecule has 0 saturated heterocycles. The van der Waals surface area contributed by atoms with Crippen LogP contribution in [-0.2, 0) is 0 Å². The van der Waals surface area contributed by atoms with Crippen molar-refractivity contribution in [1.29, 1.82) is 0 Å². The van der Waals surface area contributed by atoms with Crippen molar-refractivity contribution in [3.05, 3.63) is 134 Å². The SMILES string of the molecule is c1ccc(-n2ccc3cc4cc5c(cc4cc32)c2ccccc2n5-c2cccc3ccccc23)cc1. The Hall–Kier alpha value is -4.82. The lowest BCUT2D eigenvalue weighted by atomic mass is 10.0. The minimum atomic E-state index is 1.18. The Labute approximate surface area is 208 Å². The molecule has 0 aliphatic rings. The third kappa shape index (κ3) is 2.73. The zero-order valence-electron chi connectivity index (χ0n) is 19.6. The van der Waals surface area contributed by atoms with Crippen molar-refractivity contribution in [2.24, 2.45) is 0 Å². The van der Waals surface area contributed by atoms with E-state index >= 15 is 0 Å². The van der Waals surface area contributed by atoms with Gasteiger partial charge in [-0.05, 0) is 70.8 Å². The van der Waals surface area contributed by atoms with E-state index < -0.39 is 0 Å². The highest BCUT2D eigenvalue weighted by Gasteiger charge is 2.15. The van der Waals surface area contributed by atoms with Crippen molar-refractivity contribution in [2.45, 2.75) is 0 Å². The molecule has 2 nitrogen and oxygen atoms in total. The molecule has 2 heterocycles. The highest BCUT2D eigenvalue weighted by atomic mass is 15.0. The maximum absolute atomic E-state index is 2.44. The van der Waals surface area contributed by atoms with E-state index in [-0.39, 0.29) is 0 Å². The van der Waals surface area contributed by atoms with Crippen LogP contribution in [0, 0.1) is 0 Å². The van der Waals surface area contributed by atoms with Crippen LogP contribution in [0.2, 0.25) is 0 Å². The van der Waals surface area contributed by atoms with Crippen molar-refractivity contribution in [1.82, 2.24) is 9.13 Å². The van der Waals surface area contributed by atoms with Gasteiger partial charge in [-0.2, -0.15) is 0 Å². The molecule has 0 N–H and O–H groups in total. The van der Waals surface area contributed by atoms with Crippen LogP contribution in [0.3, 0.4) is 0 Å². The van der Waals surface area contributed by atoms with Crippen LogP contribution >= 0.6 is 0 Å². The van der Waals surface area contributed by atoms with Gasteiger partial charge in [0.2, 0.25) is 0 Å². The summed E-state index contributed by atoms with van der Waals surface area (Å²) in [5.74, 6) is 0. The van der Waals surface area contributed by atoms with Gasteiger partial charge in [-0.1, -0.05) is 72.8 Å². The van der Waals surface area contributed by atoms with Gasteiger partial charge in [0.05, 0.1) is 22.2 Å². The van der Waals surface area contributed by atoms with Gasteiger partial charge in [0.25, 0.3) is 0 Å². The standard InChI is InChI=1S/C34H22N2/c1-2-11-27(12-3-1)35-18-17-24-19-25-22-34-30(20-26(25)21-33(24)35)29-14-6-7-15-32(29)36(34)31-16-8-10-23-9-4-5-13-28(23)31/h1-22H. The summed E-state index contributed by atoms with van der Waals surface area (Å²) in [6, 6.07) is 46.2. The molecule has 2 aromatic heterocycles. The number of hydrogen-bond donors (Lipinski definition) is 0. The first kappa shape index (κ1) is 19.5. The molecule has 36 heavy (non-hydrogen) atoms. The predicted molar refractivity (Wildman–Crippen MR) is 153 cm³/mol. The number of fused-ring (bicyclic) bond motifs is 6. The second kappa shape index (κ2) is 7.34. The fraction of sp³-hybridized carbons (Fsp3) is 0. The number of hydrogen-bond acceptors (Lipinski definition) is 0. The number of aromatic nitrogens is 2. The molecular weight excluding hydrogens is 436 g/mol. The first-order valence-electron chi connectivity index (χ1n) is 12.4. The van der Waals surface area contributed by atoms with Crippen LogP contribution in [0.1, 0.15) is 0 Å². The lowest BCUT2D eigenvalue weighted by Gasteiger charge is -2.12. The minimum Gasteiger partial charge on any atom is -0.317 e. The van der Waals surface area contributed by atoms with Crippen molar-refractivity contribution < 1.29 is 0 Å². The molecule has 0 saturated carbocycles. The molecule has 8 aromatic rings. The average molecular weight is 459 g/mol. The smallest absolute Gasteiger partial charge is 0.0547 e. The fourth-order valence-corrected chi connectivity index (χ4v) is 5.82. The summed E-state index contributed by atoms with van der Waals surface area (Å²) in [4.78, 5) is 0. The monoisotopic (exact) mass is 458 g/mol. The van der Waals surface area contributed by atoms with Gasteiger partial charge in [-0.15, -0.1) is 0 Å². The van der Waals surface area contributed by atoms with E-state index in [4.69, 9.17) is 0 Å². The van der Waals surface area contributed by atoms with E-state index in [1.807, 2.05) is 0 Å². The first-order valence-corrected chi connectivity index (χ1v) is 12.4. The average Bonchev–Trinajstić information content (AvgIpc) is 3.49. The Balaban J connectivity index is 1.47. The summed E-state index contributed by atoms with van der Waals surface area (Å²) in [7, 11) is 0. The maximum Gasteiger partial charge on any atom is 0.0547 e. The van der Waals surface area contributed by atoms with E-state index in [0.717, 1.165) is 0 Å². The summed E-state index contributed by atoms with van der Waals surface area (Å²) < 4.78 is 4.71. The number of nitrogens with zero attached hydrogens (tertiary/aromatic N) is 2. The lowest BCUT2D eigenvalue weighted by molar-refractivity contribution is 1.13. The molecule has 0 fully saturated rings. The fourth-order valence-electron chi connectivity index (χ4n) is 5.82. The zero-order valence-corrected chi connectivity index (χ0v) is 19.6. The van der Waals surface area contributed by atoms with Crippen molar-refractivity contribution in [3.8, 4) is 11.4 Å². The summed E-state index contributed by atoms with van der Waals surface area (Å²) in [6.07, 6.45) is 2.17. The molecule has 0 aliphatic heterocycles. The summed E-state index contributed by atoms with van der Waals surface area (Å²) in [5.41, 5.74) is 6.10. The Morgan fingerprint density at radius 1 is 0.389 bits per heavy atom. The van der Waals surface area contributed by atoms with Crippen molar-refractivity contribution in [3.63, 3.8) is 0 Å². The molecular formula is C34H22N2. The van der Waals surface area contributed by atoms with Gasteiger partial charge in [0, 0.05) is 33.4 Å². The molecule has 0 radical (unpaired) electrons. The van der Waals surface area contributed by atoms with Crippen LogP contribution in [0.25, 0.3) is 65.6 Å². The summed E-state index contributed by atoms with van der Waals surface area (Å²) in [6.45, 7) is 0. The second-order valence-electron chi connectivity index (χ2n) is 9.50. The molecule has 8 rings (SSSR count). The minimum absolute atomic E-state index is 1.18. The summed E-state index contributed by atoms with van der Waals surface area (Å²) >= 11 is 0. The van der Waals surface area contributed by atoms with E-state index in [0.29, 0.717) is 0 Å². The molecule has 0 unspecified atom stereocenters.